The van der Waals surface area contributed by atoms with E-state index < -0.39 is 46.9 Å². The minimum atomic E-state index is -4.78. The van der Waals surface area contributed by atoms with Crippen LogP contribution in [-0.4, -0.2) is 86.9 Å². The van der Waals surface area contributed by atoms with Crippen molar-refractivity contribution in [3.63, 3.8) is 0 Å². The Morgan fingerprint density at radius 3 is 2.44 bits per heavy atom. The minimum absolute atomic E-state index is 0.114. The van der Waals surface area contributed by atoms with Crippen LogP contribution in [-0.2, 0) is 19.4 Å². The number of hydrogen-bond donors (Lipinski definition) is 5. The number of nitrogens with zero attached hydrogens (tertiary/aromatic N) is 1. The summed E-state index contributed by atoms with van der Waals surface area (Å²) in [6.45, 7) is -0.580. The molecule has 0 aliphatic carbocycles. The Kier molecular flexibility index (Phi) is 9.98. The maximum Gasteiger partial charge on any atom is 0.466 e. The third-order valence-corrected chi connectivity index (χ3v) is 5.46. The topological polar surface area (TPSA) is 166 Å². The fourth-order valence-electron chi connectivity index (χ4n) is 2.04. The lowest BCUT2D eigenvalue weighted by atomic mass is 10.0. The van der Waals surface area contributed by atoms with Gasteiger partial charge in [-0.2, -0.15) is 20.2 Å². The molecule has 1 aliphatic rings. The molecule has 0 amide bonds. The number of aliphatic hydroxyl groups excluding tert-OH is 4. The van der Waals surface area contributed by atoms with Crippen molar-refractivity contribution in [1.82, 2.24) is 0 Å². The molecular weight excluding hydrogens is 398 g/mol. The van der Waals surface area contributed by atoms with Gasteiger partial charge in [-0.3, -0.25) is 4.55 Å². The van der Waals surface area contributed by atoms with Gasteiger partial charge in [-0.25, -0.2) is 4.28 Å². The average Bonchev–Trinajstić information content (AvgIpc) is 2.55. The summed E-state index contributed by atoms with van der Waals surface area (Å²) in [6, 6.07) is 0. The van der Waals surface area contributed by atoms with Crippen molar-refractivity contribution in [3.05, 3.63) is 0 Å². The molecule has 5 N–H and O–H groups in total. The molecule has 1 aliphatic heterocycles. The summed E-state index contributed by atoms with van der Waals surface area (Å²) in [6.07, 6.45) is -1.94. The van der Waals surface area contributed by atoms with E-state index in [9.17, 15) is 28.8 Å². The zero-order valence-electron chi connectivity index (χ0n) is 13.5. The molecule has 0 aromatic heterocycles. The van der Waals surface area contributed by atoms with Gasteiger partial charge in [0.2, 0.25) is 0 Å². The Morgan fingerprint density at radius 2 is 1.88 bits per heavy atom. The zero-order chi connectivity index (χ0) is 19.0. The second-order valence-electron chi connectivity index (χ2n) is 5.25. The summed E-state index contributed by atoms with van der Waals surface area (Å²) >= 11 is 2.43. The molecule has 10 nitrogen and oxygen atoms in total. The molecule has 0 aromatic rings. The molecular formula is C12H23NO9S3. The molecule has 1 heterocycles. The first kappa shape index (κ1) is 22.9. The van der Waals surface area contributed by atoms with Crippen LogP contribution in [0.5, 0.6) is 0 Å². The summed E-state index contributed by atoms with van der Waals surface area (Å²) in [5, 5.41) is 42.2. The lowest BCUT2D eigenvalue weighted by Crippen LogP contribution is -2.57. The summed E-state index contributed by atoms with van der Waals surface area (Å²) in [5.41, 5.74) is -1.11. The van der Waals surface area contributed by atoms with Gasteiger partial charge in [0.15, 0.2) is 0 Å². The maximum absolute atomic E-state index is 10.7. The first-order valence-corrected chi connectivity index (χ1v) is 11.0. The van der Waals surface area contributed by atoms with Gasteiger partial charge in [0.05, 0.1) is 6.61 Å². The number of hydrogen-bond acceptors (Lipinski definition) is 11. The van der Waals surface area contributed by atoms with Gasteiger partial charge >= 0.3 is 10.4 Å². The molecule has 5 unspecified atom stereocenters. The van der Waals surface area contributed by atoms with Crippen molar-refractivity contribution in [2.24, 2.45) is 5.16 Å². The Labute approximate surface area is 154 Å². The maximum atomic E-state index is 10.7. The second kappa shape index (κ2) is 10.9. The Morgan fingerprint density at radius 1 is 1.20 bits per heavy atom. The highest BCUT2D eigenvalue weighted by Crippen LogP contribution is 2.30. The van der Waals surface area contributed by atoms with Crippen molar-refractivity contribution < 1.29 is 42.4 Å². The van der Waals surface area contributed by atoms with Crippen molar-refractivity contribution in [2.45, 2.75) is 49.1 Å². The highest BCUT2D eigenvalue weighted by atomic mass is 32.3. The van der Waals surface area contributed by atoms with Gasteiger partial charge in [0.1, 0.15) is 34.9 Å². The van der Waals surface area contributed by atoms with E-state index in [1.165, 1.54) is 0 Å². The Hall–Kier alpha value is -0.120. The molecule has 0 saturated carbocycles. The van der Waals surface area contributed by atoms with Crippen molar-refractivity contribution in [2.75, 3.05) is 18.6 Å². The van der Waals surface area contributed by atoms with Gasteiger partial charge in [0, 0.05) is 0 Å². The van der Waals surface area contributed by atoms with E-state index in [2.05, 4.69) is 9.44 Å². The number of thioether (sulfide) groups is 2. The molecule has 1 fully saturated rings. The highest BCUT2D eigenvalue weighted by molar-refractivity contribution is 8.14. The monoisotopic (exact) mass is 421 g/mol. The van der Waals surface area contributed by atoms with Gasteiger partial charge < -0.3 is 25.2 Å². The van der Waals surface area contributed by atoms with Crippen molar-refractivity contribution in [3.8, 4) is 0 Å². The third-order valence-electron chi connectivity index (χ3n) is 3.32. The smallest absolute Gasteiger partial charge is 0.394 e. The highest BCUT2D eigenvalue weighted by Gasteiger charge is 2.44. The van der Waals surface area contributed by atoms with Gasteiger partial charge in [0.25, 0.3) is 0 Å². The van der Waals surface area contributed by atoms with Gasteiger partial charge in [-0.05, 0) is 31.3 Å². The first-order valence-electron chi connectivity index (χ1n) is 7.38. The predicted octanol–water partition coefficient (Wildman–Crippen LogP) is -0.814. The molecule has 13 heteroatoms. The SMILES string of the molecule is CSCCCC/C(=N/OS(=O)(=O)O)SC1OC(CO)C(O)C(O)C1O. The molecule has 0 radical (unpaired) electrons. The number of oxime groups is 1. The first-order chi connectivity index (χ1) is 11.7. The molecule has 0 spiro atoms. The molecule has 148 valence electrons. The second-order valence-corrected chi connectivity index (χ2v) is 8.41. The molecule has 5 atom stereocenters. The fourth-order valence-corrected chi connectivity index (χ4v) is 3.87. The van der Waals surface area contributed by atoms with Crippen LogP contribution >= 0.6 is 23.5 Å². The lowest BCUT2D eigenvalue weighted by molar-refractivity contribution is -0.205. The summed E-state index contributed by atoms with van der Waals surface area (Å²) in [7, 11) is -4.78. The van der Waals surface area contributed by atoms with Crippen LogP contribution < -0.4 is 0 Å². The molecule has 0 bridgehead atoms. The Balaban J connectivity index is 2.80. The fraction of sp³-hybridized carbons (Fsp3) is 0.917. The van der Waals surface area contributed by atoms with E-state index in [1.807, 2.05) is 6.26 Å². The van der Waals surface area contributed by atoms with E-state index in [1.54, 1.807) is 11.8 Å². The van der Waals surface area contributed by atoms with Crippen LogP contribution in [0.4, 0.5) is 0 Å². The van der Waals surface area contributed by atoms with Crippen LogP contribution in [0.2, 0.25) is 0 Å². The number of unbranched alkanes of at least 4 members (excludes halogenated alkanes) is 1. The van der Waals surface area contributed by atoms with E-state index in [0.717, 1.165) is 23.9 Å². The predicted molar refractivity (Wildman–Crippen MR) is 93.7 cm³/mol. The van der Waals surface area contributed by atoms with Crippen LogP contribution in [0.15, 0.2) is 5.16 Å². The average molecular weight is 422 g/mol. The standard InChI is InChI=1S/C12H23NO9S3/c1-23-5-3-2-4-8(13-22-25(18,19)20)24-12-11(17)10(16)9(15)7(6-14)21-12/h7,9-12,14-17H,2-6H2,1H3,(H,18,19,20)/b13-8-. The lowest BCUT2D eigenvalue weighted by Gasteiger charge is -2.39. The van der Waals surface area contributed by atoms with E-state index in [0.29, 0.717) is 6.42 Å². The molecule has 25 heavy (non-hydrogen) atoms. The van der Waals surface area contributed by atoms with Gasteiger partial charge in [-0.15, -0.1) is 0 Å². The number of ether oxygens (including phenoxy) is 1. The number of rotatable bonds is 9. The van der Waals surface area contributed by atoms with E-state index >= 15 is 0 Å². The normalized spacial score (nSPS) is 31.1. The third kappa shape index (κ3) is 7.97. The number of aliphatic hydroxyl groups is 4. The van der Waals surface area contributed by atoms with Gasteiger partial charge in [-0.1, -0.05) is 16.9 Å². The van der Waals surface area contributed by atoms with Crippen LogP contribution in [0.1, 0.15) is 19.3 Å². The summed E-state index contributed by atoms with van der Waals surface area (Å²) in [5.74, 6) is 0.886. The van der Waals surface area contributed by atoms with E-state index in [4.69, 9.17) is 9.29 Å². The quantitative estimate of drug-likeness (QED) is 0.104. The summed E-state index contributed by atoms with van der Waals surface area (Å²) in [4.78, 5) is 0. The van der Waals surface area contributed by atoms with Crippen LogP contribution in [0.3, 0.4) is 0 Å². The largest absolute Gasteiger partial charge is 0.466 e. The van der Waals surface area contributed by atoms with Crippen molar-refractivity contribution >= 4 is 39.0 Å². The minimum Gasteiger partial charge on any atom is -0.394 e. The van der Waals surface area contributed by atoms with Crippen LogP contribution in [0.25, 0.3) is 0 Å². The van der Waals surface area contributed by atoms with E-state index in [-0.39, 0.29) is 11.5 Å². The molecule has 1 rings (SSSR count). The zero-order valence-corrected chi connectivity index (χ0v) is 15.9. The molecule has 0 aromatic carbocycles. The van der Waals surface area contributed by atoms with Crippen LogP contribution in [0, 0.1) is 0 Å². The Bertz CT molecular complexity index is 528. The summed E-state index contributed by atoms with van der Waals surface area (Å²) < 4.78 is 39.4. The van der Waals surface area contributed by atoms with Crippen molar-refractivity contribution in [1.29, 1.82) is 0 Å². The molecule has 1 saturated heterocycles.